The van der Waals surface area contributed by atoms with E-state index in [4.69, 9.17) is 18.9 Å². The van der Waals surface area contributed by atoms with E-state index in [1.54, 1.807) is 37.5 Å². The number of fused-ring (bicyclic) bond motifs is 5. The Labute approximate surface area is 343 Å². The Morgan fingerprint density at radius 1 is 1.03 bits per heavy atom. The number of carbonyl (C=O) groups excluding carboxylic acids is 4. The Bertz CT molecular complexity index is 2500. The van der Waals surface area contributed by atoms with Crippen LogP contribution in [-0.4, -0.2) is 90.7 Å². The number of allylic oxidation sites excluding steroid dienone is 1. The monoisotopic (exact) mass is 851 g/mol. The van der Waals surface area contributed by atoms with Crippen LogP contribution in [0, 0.1) is 12.8 Å². The van der Waals surface area contributed by atoms with E-state index in [0.29, 0.717) is 65.6 Å². The highest BCUT2D eigenvalue weighted by Gasteiger charge is 2.62. The van der Waals surface area contributed by atoms with E-state index in [1.165, 1.54) is 0 Å². The van der Waals surface area contributed by atoms with E-state index < -0.39 is 74.7 Å². The van der Waals surface area contributed by atoms with Crippen LogP contribution in [0.25, 0.3) is 33.3 Å². The number of aromatic nitrogens is 1. The molecule has 4 heterocycles. The van der Waals surface area contributed by atoms with Gasteiger partial charge in [-0.25, -0.2) is 13.4 Å². The van der Waals surface area contributed by atoms with Gasteiger partial charge in [-0.3, -0.25) is 23.9 Å². The summed E-state index contributed by atoms with van der Waals surface area (Å²) in [5.41, 5.74) is 1.79. The van der Waals surface area contributed by atoms with Gasteiger partial charge in [0.1, 0.15) is 40.6 Å². The molecular weight excluding hydrogens is 808 g/mol. The molecule has 318 valence electrons. The van der Waals surface area contributed by atoms with Crippen LogP contribution >= 0.6 is 0 Å². The highest BCUT2D eigenvalue weighted by atomic mass is 32.2. The highest BCUT2D eigenvalue weighted by molar-refractivity contribution is 7.91. The van der Waals surface area contributed by atoms with Crippen LogP contribution in [0.5, 0.6) is 11.5 Å². The van der Waals surface area contributed by atoms with E-state index in [0.717, 1.165) is 10.5 Å². The third-order valence-electron chi connectivity index (χ3n) is 11.6. The van der Waals surface area contributed by atoms with E-state index in [2.05, 4.69) is 10.0 Å². The molecule has 2 saturated carbocycles. The number of ether oxygens (including phenoxy) is 2. The number of nitrogens with one attached hydrogen (secondary N) is 3. The standard InChI is InChI=1S/C42H44F3N5O9S/c1-23-10-17-33-29(18-23)35-36(59-33)34(20-31(46-35)24-11-13-26(57-2)14-12-24)58-27-19-32-37(51)48-41(39(53)49-60(55,56)28-15-16-28)21-25(41)8-6-4-3-5-7-9-30(38(52)50(32)22-27)47-40(54)42(43,44)45/h6,8,10-14,17-18,20,25,27-28,30,32H,3-5,7,9,15-16,19,21-22H2,1-2H3,(H,47,54)(H,48,51)(H,49,53)/t25-,27-,30+,32+,41-/m1/s1. The van der Waals surface area contributed by atoms with Crippen LogP contribution in [0.15, 0.2) is 65.1 Å². The normalized spacial score (nSPS) is 25.1. The maximum absolute atomic E-state index is 14.5. The van der Waals surface area contributed by atoms with Crippen molar-refractivity contribution in [2.75, 3.05) is 13.7 Å². The number of hydrogen-bond acceptors (Lipinski definition) is 10. The maximum Gasteiger partial charge on any atom is 0.471 e. The number of aryl methyl sites for hydroxylation is 1. The zero-order valence-corrected chi connectivity index (χ0v) is 33.7. The SMILES string of the molecule is COc1ccc(-c2cc(O[C@@H]3C[C@H]4C(=O)N[C@]5(C(=O)NS(=O)(=O)C6CC6)C[C@H]5C=CCCCCC[C@H](NC(=O)C(F)(F)F)C(=O)N4C3)c3oc4ccc(C)cc4c3n2)cc1. The van der Waals surface area contributed by atoms with E-state index in [9.17, 15) is 40.8 Å². The lowest BCUT2D eigenvalue weighted by Crippen LogP contribution is -2.58. The number of halogens is 3. The molecule has 0 bridgehead atoms. The summed E-state index contributed by atoms with van der Waals surface area (Å²) in [6.07, 6.45) is -0.204. The second kappa shape index (κ2) is 15.7. The molecule has 0 radical (unpaired) electrons. The minimum Gasteiger partial charge on any atom is -0.497 e. The van der Waals surface area contributed by atoms with Crippen molar-refractivity contribution in [3.63, 3.8) is 0 Å². The number of methoxy groups -OCH3 is 1. The number of carbonyl (C=O) groups is 4. The zero-order valence-electron chi connectivity index (χ0n) is 32.8. The largest absolute Gasteiger partial charge is 0.497 e. The van der Waals surface area contributed by atoms with Crippen molar-refractivity contribution in [2.45, 2.75) is 99.9 Å². The molecule has 60 heavy (non-hydrogen) atoms. The molecule has 2 aliphatic carbocycles. The summed E-state index contributed by atoms with van der Waals surface area (Å²) in [4.78, 5) is 60.9. The quantitative estimate of drug-likeness (QED) is 0.195. The number of sulfonamides is 1. The topological polar surface area (TPSA) is 186 Å². The van der Waals surface area contributed by atoms with E-state index in [-0.39, 0.29) is 43.6 Å². The van der Waals surface area contributed by atoms with E-state index >= 15 is 0 Å². The molecule has 3 fully saturated rings. The summed E-state index contributed by atoms with van der Waals surface area (Å²) < 4.78 is 86.8. The first-order valence-electron chi connectivity index (χ1n) is 19.9. The summed E-state index contributed by atoms with van der Waals surface area (Å²) in [6.45, 7) is 1.63. The average Bonchev–Trinajstić information content (AvgIpc) is 4.11. The van der Waals surface area contributed by atoms with Crippen molar-refractivity contribution in [3.8, 4) is 22.8 Å². The summed E-state index contributed by atoms with van der Waals surface area (Å²) in [6, 6.07) is 11.4. The third kappa shape index (κ3) is 8.25. The highest BCUT2D eigenvalue weighted by Crippen LogP contribution is 2.46. The van der Waals surface area contributed by atoms with Gasteiger partial charge in [-0.1, -0.05) is 36.6 Å². The number of alkyl halides is 3. The molecule has 2 aromatic carbocycles. The molecule has 4 amide bonds. The summed E-state index contributed by atoms with van der Waals surface area (Å²) in [5, 5.41) is 4.59. The molecule has 1 saturated heterocycles. The van der Waals surface area contributed by atoms with Crippen molar-refractivity contribution in [1.29, 1.82) is 0 Å². The molecule has 2 aliphatic heterocycles. The van der Waals surface area contributed by atoms with Crippen LogP contribution in [0.4, 0.5) is 13.2 Å². The van der Waals surface area contributed by atoms with Gasteiger partial charge in [0, 0.05) is 29.4 Å². The van der Waals surface area contributed by atoms with Gasteiger partial charge in [-0.2, -0.15) is 13.2 Å². The summed E-state index contributed by atoms with van der Waals surface area (Å²) in [7, 11) is -2.45. The number of rotatable bonds is 8. The fourth-order valence-electron chi connectivity index (χ4n) is 8.08. The molecule has 2 aromatic heterocycles. The molecular formula is C42H44F3N5O9S. The third-order valence-corrected chi connectivity index (χ3v) is 13.4. The Hall–Kier alpha value is -5.65. The predicted octanol–water partition coefficient (Wildman–Crippen LogP) is 5.36. The van der Waals surface area contributed by atoms with Gasteiger partial charge in [0.25, 0.3) is 5.91 Å². The van der Waals surface area contributed by atoms with Crippen molar-refractivity contribution in [1.82, 2.24) is 25.2 Å². The van der Waals surface area contributed by atoms with Crippen molar-refractivity contribution in [2.24, 2.45) is 5.92 Å². The van der Waals surface area contributed by atoms with Gasteiger partial charge < -0.3 is 29.4 Å². The lowest BCUT2D eigenvalue weighted by molar-refractivity contribution is -0.175. The van der Waals surface area contributed by atoms with Gasteiger partial charge >= 0.3 is 12.1 Å². The number of nitrogens with zero attached hydrogens (tertiary/aromatic N) is 2. The minimum absolute atomic E-state index is 0.0841. The van der Waals surface area contributed by atoms with Gasteiger partial charge in [-0.15, -0.1) is 0 Å². The first kappa shape index (κ1) is 41.1. The number of furan rings is 1. The number of amides is 4. The summed E-state index contributed by atoms with van der Waals surface area (Å²) in [5.74, 6) is -4.70. The molecule has 3 N–H and O–H groups in total. The molecule has 4 aromatic rings. The van der Waals surface area contributed by atoms with Crippen LogP contribution in [0.2, 0.25) is 0 Å². The maximum atomic E-state index is 14.5. The lowest BCUT2D eigenvalue weighted by atomic mass is 10.0. The average molecular weight is 852 g/mol. The first-order valence-corrected chi connectivity index (χ1v) is 21.5. The Morgan fingerprint density at radius 2 is 1.80 bits per heavy atom. The van der Waals surface area contributed by atoms with Gasteiger partial charge in [0.05, 0.1) is 24.6 Å². The number of benzene rings is 2. The molecule has 14 nitrogen and oxygen atoms in total. The van der Waals surface area contributed by atoms with Crippen molar-refractivity contribution < 1.29 is 54.7 Å². The van der Waals surface area contributed by atoms with Crippen LogP contribution < -0.4 is 24.8 Å². The van der Waals surface area contributed by atoms with Crippen LogP contribution in [0.3, 0.4) is 0 Å². The van der Waals surface area contributed by atoms with E-state index in [1.807, 2.05) is 42.6 Å². The number of pyridine rings is 1. The summed E-state index contributed by atoms with van der Waals surface area (Å²) >= 11 is 0. The van der Waals surface area contributed by atoms with Crippen molar-refractivity contribution in [3.05, 3.63) is 66.2 Å². The second-order valence-corrected chi connectivity index (χ2v) is 18.0. The Morgan fingerprint density at radius 3 is 2.52 bits per heavy atom. The smallest absolute Gasteiger partial charge is 0.471 e. The van der Waals surface area contributed by atoms with Gasteiger partial charge in [0.2, 0.25) is 21.8 Å². The number of hydrogen-bond donors (Lipinski definition) is 3. The van der Waals surface area contributed by atoms with Gasteiger partial charge in [-0.05, 0) is 81.8 Å². The van der Waals surface area contributed by atoms with Crippen molar-refractivity contribution >= 4 is 55.7 Å². The van der Waals surface area contributed by atoms with Crippen LogP contribution in [-0.2, 0) is 29.2 Å². The minimum atomic E-state index is -5.28. The first-order chi connectivity index (χ1) is 28.6. The Kier molecular flexibility index (Phi) is 10.8. The van der Waals surface area contributed by atoms with Crippen LogP contribution in [0.1, 0.15) is 63.4 Å². The fraction of sp³-hybridized carbons (Fsp3) is 0.452. The molecule has 8 rings (SSSR count). The van der Waals surface area contributed by atoms with Gasteiger partial charge in [0.15, 0.2) is 11.3 Å². The molecule has 5 atom stereocenters. The molecule has 0 unspecified atom stereocenters. The fourth-order valence-corrected chi connectivity index (χ4v) is 9.45. The predicted molar refractivity (Wildman–Crippen MR) is 212 cm³/mol. The zero-order chi connectivity index (χ0) is 42.6. The second-order valence-electron chi connectivity index (χ2n) is 16.0. The Balaban J connectivity index is 1.16. The lowest BCUT2D eigenvalue weighted by Gasteiger charge is -2.30. The molecule has 0 spiro atoms. The molecule has 18 heteroatoms. The molecule has 4 aliphatic rings.